The first-order chi connectivity index (χ1) is 14.0. The molecule has 1 atom stereocenters. The summed E-state index contributed by atoms with van der Waals surface area (Å²) < 4.78 is 5.28. The summed E-state index contributed by atoms with van der Waals surface area (Å²) in [4.78, 5) is 26.9. The molecule has 0 unspecified atom stereocenters. The smallest absolute Gasteiger partial charge is 0.246 e. The van der Waals surface area contributed by atoms with Gasteiger partial charge in [0.1, 0.15) is 6.04 Å². The number of hydrogen-bond acceptors (Lipinski definition) is 4. The summed E-state index contributed by atoms with van der Waals surface area (Å²) in [6.07, 6.45) is 1.41. The van der Waals surface area contributed by atoms with Crippen LogP contribution in [-0.2, 0) is 20.9 Å². The van der Waals surface area contributed by atoms with Crippen LogP contribution in [0.2, 0.25) is 0 Å². The van der Waals surface area contributed by atoms with E-state index in [-0.39, 0.29) is 17.7 Å². The second kappa shape index (κ2) is 10.1. The van der Waals surface area contributed by atoms with Gasteiger partial charge in [-0.25, -0.2) is 0 Å². The Balaban J connectivity index is 1.50. The number of nitrogens with zero attached hydrogens (tertiary/aromatic N) is 1. The van der Waals surface area contributed by atoms with E-state index in [9.17, 15) is 9.59 Å². The lowest BCUT2D eigenvalue weighted by Crippen LogP contribution is -2.45. The number of benzene rings is 2. The predicted octanol–water partition coefficient (Wildman–Crippen LogP) is 3.19. The first kappa shape index (κ1) is 20.9. The van der Waals surface area contributed by atoms with Crippen molar-refractivity contribution in [2.24, 2.45) is 5.92 Å². The van der Waals surface area contributed by atoms with Crippen LogP contribution in [0.25, 0.3) is 0 Å². The monoisotopic (exact) mass is 395 g/mol. The van der Waals surface area contributed by atoms with E-state index >= 15 is 0 Å². The minimum absolute atomic E-state index is 0.0709. The SMILES string of the molecule is C[C@@H](NC(=O)C1CCOCC1)C(=O)Nc1ccc(N(C)Cc2ccccc2)cc1. The Morgan fingerprint density at radius 1 is 1.07 bits per heavy atom. The molecule has 1 fully saturated rings. The number of hydrogen-bond donors (Lipinski definition) is 2. The van der Waals surface area contributed by atoms with Crippen LogP contribution < -0.4 is 15.5 Å². The summed E-state index contributed by atoms with van der Waals surface area (Å²) in [6, 6.07) is 17.4. The van der Waals surface area contributed by atoms with E-state index in [1.54, 1.807) is 6.92 Å². The van der Waals surface area contributed by atoms with Gasteiger partial charge in [0, 0.05) is 44.1 Å². The van der Waals surface area contributed by atoms with E-state index in [4.69, 9.17) is 4.74 Å². The Labute approximate surface area is 172 Å². The van der Waals surface area contributed by atoms with Crippen LogP contribution in [0.3, 0.4) is 0 Å². The molecule has 1 aliphatic rings. The molecule has 6 nitrogen and oxygen atoms in total. The zero-order valence-electron chi connectivity index (χ0n) is 17.1. The molecule has 2 aromatic carbocycles. The molecule has 0 saturated carbocycles. The van der Waals surface area contributed by atoms with Gasteiger partial charge < -0.3 is 20.3 Å². The molecule has 154 valence electrons. The summed E-state index contributed by atoms with van der Waals surface area (Å²) in [5, 5.41) is 5.68. The molecule has 1 saturated heterocycles. The molecule has 6 heteroatoms. The number of rotatable bonds is 7. The van der Waals surface area contributed by atoms with Gasteiger partial charge in [-0.3, -0.25) is 9.59 Å². The van der Waals surface area contributed by atoms with E-state index in [0.29, 0.717) is 31.7 Å². The molecule has 2 amide bonds. The van der Waals surface area contributed by atoms with Crippen molar-refractivity contribution in [3.8, 4) is 0 Å². The minimum Gasteiger partial charge on any atom is -0.381 e. The van der Waals surface area contributed by atoms with Gasteiger partial charge in [0.05, 0.1) is 0 Å². The minimum atomic E-state index is -0.592. The summed E-state index contributed by atoms with van der Waals surface area (Å²) in [6.45, 7) is 3.71. The van der Waals surface area contributed by atoms with Crippen molar-refractivity contribution in [1.29, 1.82) is 0 Å². The van der Waals surface area contributed by atoms with Crippen molar-refractivity contribution >= 4 is 23.2 Å². The Kier molecular flexibility index (Phi) is 7.25. The van der Waals surface area contributed by atoms with Gasteiger partial charge in [-0.1, -0.05) is 30.3 Å². The zero-order chi connectivity index (χ0) is 20.6. The predicted molar refractivity (Wildman–Crippen MR) is 115 cm³/mol. The lowest BCUT2D eigenvalue weighted by Gasteiger charge is -2.23. The Morgan fingerprint density at radius 3 is 2.38 bits per heavy atom. The van der Waals surface area contributed by atoms with E-state index in [1.165, 1.54) is 5.56 Å². The van der Waals surface area contributed by atoms with Crippen LogP contribution >= 0.6 is 0 Å². The lowest BCUT2D eigenvalue weighted by atomic mass is 9.99. The molecule has 0 aromatic heterocycles. The summed E-state index contributed by atoms with van der Waals surface area (Å²) >= 11 is 0. The molecule has 3 rings (SSSR count). The maximum absolute atomic E-state index is 12.4. The van der Waals surface area contributed by atoms with Gasteiger partial charge in [-0.05, 0) is 49.6 Å². The fourth-order valence-electron chi connectivity index (χ4n) is 3.35. The van der Waals surface area contributed by atoms with Gasteiger partial charge in [0.2, 0.25) is 11.8 Å². The van der Waals surface area contributed by atoms with Gasteiger partial charge in [-0.2, -0.15) is 0 Å². The fraction of sp³-hybridized carbons (Fsp3) is 0.391. The summed E-state index contributed by atoms with van der Waals surface area (Å²) in [5.41, 5.74) is 3.01. The van der Waals surface area contributed by atoms with Crippen LogP contribution in [0.1, 0.15) is 25.3 Å². The van der Waals surface area contributed by atoms with E-state index < -0.39 is 6.04 Å². The highest BCUT2D eigenvalue weighted by molar-refractivity contribution is 5.97. The molecule has 2 aromatic rings. The van der Waals surface area contributed by atoms with E-state index in [2.05, 4.69) is 27.7 Å². The van der Waals surface area contributed by atoms with Crippen LogP contribution in [-0.4, -0.2) is 38.1 Å². The number of amides is 2. The molecular formula is C23H29N3O3. The van der Waals surface area contributed by atoms with Crippen LogP contribution in [0.15, 0.2) is 54.6 Å². The van der Waals surface area contributed by atoms with Crippen molar-refractivity contribution in [3.63, 3.8) is 0 Å². The molecule has 2 N–H and O–H groups in total. The van der Waals surface area contributed by atoms with Gasteiger partial charge in [0.15, 0.2) is 0 Å². The molecule has 1 aliphatic heterocycles. The zero-order valence-corrected chi connectivity index (χ0v) is 17.1. The molecule has 0 aliphatic carbocycles. The average molecular weight is 396 g/mol. The number of carbonyl (C=O) groups excluding carboxylic acids is 2. The fourth-order valence-corrected chi connectivity index (χ4v) is 3.35. The Bertz CT molecular complexity index is 802. The summed E-state index contributed by atoms with van der Waals surface area (Å²) in [5.74, 6) is -0.372. The molecule has 1 heterocycles. The normalized spacial score (nSPS) is 15.4. The van der Waals surface area contributed by atoms with Gasteiger partial charge in [-0.15, -0.1) is 0 Å². The molecule has 0 bridgehead atoms. The van der Waals surface area contributed by atoms with Crippen LogP contribution in [0.4, 0.5) is 11.4 Å². The van der Waals surface area contributed by atoms with Crippen molar-refractivity contribution in [1.82, 2.24) is 5.32 Å². The van der Waals surface area contributed by atoms with E-state index in [0.717, 1.165) is 12.2 Å². The van der Waals surface area contributed by atoms with Crippen molar-refractivity contribution in [3.05, 3.63) is 60.2 Å². The second-order valence-corrected chi connectivity index (χ2v) is 7.49. The third-order valence-corrected chi connectivity index (χ3v) is 5.18. The first-order valence-corrected chi connectivity index (χ1v) is 10.1. The van der Waals surface area contributed by atoms with Crippen molar-refractivity contribution < 1.29 is 14.3 Å². The third-order valence-electron chi connectivity index (χ3n) is 5.18. The third kappa shape index (κ3) is 6.06. The van der Waals surface area contributed by atoms with Gasteiger partial charge in [0.25, 0.3) is 0 Å². The quantitative estimate of drug-likeness (QED) is 0.755. The standard InChI is InChI=1S/C23H29N3O3/c1-17(24-23(28)19-12-14-29-15-13-19)22(27)25-20-8-10-21(11-9-20)26(2)16-18-6-4-3-5-7-18/h3-11,17,19H,12-16H2,1-2H3,(H,24,28)(H,25,27)/t17-/m1/s1. The lowest BCUT2D eigenvalue weighted by molar-refractivity contribution is -0.131. The summed E-state index contributed by atoms with van der Waals surface area (Å²) in [7, 11) is 2.04. The molecular weight excluding hydrogens is 366 g/mol. The average Bonchev–Trinajstić information content (AvgIpc) is 2.75. The molecule has 29 heavy (non-hydrogen) atoms. The first-order valence-electron chi connectivity index (χ1n) is 10.1. The molecule has 0 radical (unpaired) electrons. The van der Waals surface area contributed by atoms with Crippen molar-refractivity contribution in [2.75, 3.05) is 30.5 Å². The van der Waals surface area contributed by atoms with Crippen LogP contribution in [0, 0.1) is 5.92 Å². The topological polar surface area (TPSA) is 70.7 Å². The maximum atomic E-state index is 12.4. The number of nitrogens with one attached hydrogen (secondary N) is 2. The highest BCUT2D eigenvalue weighted by Crippen LogP contribution is 2.19. The molecule has 0 spiro atoms. The Hall–Kier alpha value is -2.86. The number of carbonyl (C=O) groups is 2. The highest BCUT2D eigenvalue weighted by atomic mass is 16.5. The highest BCUT2D eigenvalue weighted by Gasteiger charge is 2.24. The van der Waals surface area contributed by atoms with Crippen LogP contribution in [0.5, 0.6) is 0 Å². The number of ether oxygens (including phenoxy) is 1. The maximum Gasteiger partial charge on any atom is 0.246 e. The van der Waals surface area contributed by atoms with Gasteiger partial charge >= 0.3 is 0 Å². The van der Waals surface area contributed by atoms with E-state index in [1.807, 2.05) is 49.5 Å². The Morgan fingerprint density at radius 2 is 1.72 bits per heavy atom. The van der Waals surface area contributed by atoms with Crippen molar-refractivity contribution in [2.45, 2.75) is 32.4 Å². The number of anilines is 2. The second-order valence-electron chi connectivity index (χ2n) is 7.49. The largest absolute Gasteiger partial charge is 0.381 e.